The van der Waals surface area contributed by atoms with Crippen LogP contribution in [0.1, 0.15) is 116 Å². The third-order valence-corrected chi connectivity index (χ3v) is 24.1. The van der Waals surface area contributed by atoms with Crippen LogP contribution in [0.4, 0.5) is 0 Å². The van der Waals surface area contributed by atoms with E-state index >= 15 is 0 Å². The third-order valence-electron chi connectivity index (χ3n) is 8.40. The first-order valence-corrected chi connectivity index (χ1v) is 17.9. The summed E-state index contributed by atoms with van der Waals surface area (Å²) in [5, 5.41) is 0. The summed E-state index contributed by atoms with van der Waals surface area (Å²) < 4.78 is 9.24. The molecule has 3 aliphatic carbocycles. The van der Waals surface area contributed by atoms with Crippen molar-refractivity contribution in [3.63, 3.8) is 0 Å². The van der Waals surface area contributed by atoms with E-state index in [1.165, 1.54) is 109 Å². The molecule has 0 spiro atoms. The molecule has 0 atom stereocenters. The molecule has 4 rings (SSSR count). The zero-order valence-corrected chi connectivity index (χ0v) is 22.0. The summed E-state index contributed by atoms with van der Waals surface area (Å²) in [6.07, 6.45) is 22.5. The molecule has 2 heteroatoms. The number of hydrogen-bond acceptors (Lipinski definition) is 1. The molecular weight excluding hydrogens is 469 g/mol. The van der Waals surface area contributed by atoms with E-state index in [0.717, 1.165) is 13.2 Å². The molecule has 0 amide bonds. The van der Waals surface area contributed by atoms with Crippen LogP contribution in [0.15, 0.2) is 30.3 Å². The molecule has 0 heterocycles. The van der Waals surface area contributed by atoms with E-state index in [-0.39, 0.29) is 0 Å². The molecule has 0 N–H and O–H groups in total. The molecule has 0 aliphatic heterocycles. The van der Waals surface area contributed by atoms with Crippen molar-refractivity contribution in [1.82, 2.24) is 3.53 Å². The molecule has 1 aromatic rings. The second kappa shape index (κ2) is 10.8. The summed E-state index contributed by atoms with van der Waals surface area (Å²) in [4.78, 5) is 0. The Hall–Kier alpha value is -0.288. The second-order valence-corrected chi connectivity index (χ2v) is 20.0. The number of nitrogens with zero attached hydrogens (tertiary/aromatic N) is 1. The van der Waals surface area contributed by atoms with Crippen LogP contribution < -0.4 is 0 Å². The van der Waals surface area contributed by atoms with E-state index in [1.807, 2.05) is 0 Å². The minimum atomic E-state index is -2.84. The van der Waals surface area contributed by atoms with Crippen LogP contribution in [0.25, 0.3) is 0 Å². The van der Waals surface area contributed by atoms with E-state index in [9.17, 15) is 0 Å². The second-order valence-electron chi connectivity index (χ2n) is 10.1. The first-order chi connectivity index (χ1) is 15.3. The van der Waals surface area contributed by atoms with Crippen molar-refractivity contribution >= 4 is 4.49 Å². The molecule has 1 aromatic carbocycles. The topological polar surface area (TPSA) is 3.24 Å². The van der Waals surface area contributed by atoms with Crippen LogP contribution in [0.3, 0.4) is 0 Å². The predicted octanol–water partition coefficient (Wildman–Crippen LogP) is 9.04. The SMILES string of the molecule is CC[N](CC)[Pd](=[CH]c1ccccc1)([CH]1CCCCC1)([CH]1CCCCC1)[CH]1CCCCC1. The first-order valence-electron chi connectivity index (χ1n) is 13.6. The summed E-state index contributed by atoms with van der Waals surface area (Å²) in [7, 11) is 0. The van der Waals surface area contributed by atoms with Crippen molar-refractivity contribution in [2.24, 2.45) is 0 Å². The van der Waals surface area contributed by atoms with Gasteiger partial charge in [-0.1, -0.05) is 0 Å². The van der Waals surface area contributed by atoms with Crippen molar-refractivity contribution in [1.29, 1.82) is 0 Å². The van der Waals surface area contributed by atoms with Crippen LogP contribution in [-0.2, 0) is 14.1 Å². The van der Waals surface area contributed by atoms with Crippen LogP contribution in [0.2, 0.25) is 13.2 Å². The van der Waals surface area contributed by atoms with Gasteiger partial charge in [0.1, 0.15) is 0 Å². The average Bonchev–Trinajstić information content (AvgIpc) is 2.86. The van der Waals surface area contributed by atoms with Gasteiger partial charge in [-0.2, -0.15) is 0 Å². The number of benzene rings is 1. The van der Waals surface area contributed by atoms with Gasteiger partial charge in [-0.3, -0.25) is 0 Å². The number of hydrogen-bond donors (Lipinski definition) is 0. The predicted molar refractivity (Wildman–Crippen MR) is 135 cm³/mol. The monoisotopic (exact) mass is 517 g/mol. The van der Waals surface area contributed by atoms with Crippen LogP contribution >= 0.6 is 0 Å². The van der Waals surface area contributed by atoms with Crippen molar-refractivity contribution in [2.45, 2.75) is 123 Å². The zero-order chi connectivity index (χ0) is 21.6. The molecule has 180 valence electrons. The van der Waals surface area contributed by atoms with Crippen LogP contribution in [-0.4, -0.2) is 21.1 Å². The molecule has 0 unspecified atom stereocenters. The van der Waals surface area contributed by atoms with E-state index in [1.54, 1.807) is 5.56 Å². The third kappa shape index (κ3) is 4.20. The Labute approximate surface area is 194 Å². The minimum absolute atomic E-state index is 0.981. The zero-order valence-electron chi connectivity index (χ0n) is 20.5. The van der Waals surface area contributed by atoms with E-state index in [2.05, 4.69) is 52.2 Å². The molecule has 3 aliphatic rings. The molecule has 0 bridgehead atoms. The molecule has 3 fully saturated rings. The van der Waals surface area contributed by atoms with E-state index in [4.69, 9.17) is 0 Å². The van der Waals surface area contributed by atoms with Gasteiger partial charge in [0, 0.05) is 0 Å². The molecular formula is C29H49NPd. The van der Waals surface area contributed by atoms with Gasteiger partial charge in [0.15, 0.2) is 0 Å². The van der Waals surface area contributed by atoms with Crippen molar-refractivity contribution in [3.05, 3.63) is 35.9 Å². The Morgan fingerprint density at radius 3 is 1.39 bits per heavy atom. The maximum absolute atomic E-state index is 3.21. The average molecular weight is 518 g/mol. The molecule has 1 nitrogen and oxygen atoms in total. The van der Waals surface area contributed by atoms with Gasteiger partial charge in [-0.05, 0) is 0 Å². The summed E-state index contributed by atoms with van der Waals surface area (Å²) in [5.74, 6) is 0. The Morgan fingerprint density at radius 1 is 0.645 bits per heavy atom. The van der Waals surface area contributed by atoms with Crippen molar-refractivity contribution in [3.8, 4) is 0 Å². The maximum atomic E-state index is 3.21. The quantitative estimate of drug-likeness (QED) is 0.326. The Bertz CT molecular complexity index is 674. The van der Waals surface area contributed by atoms with Gasteiger partial charge in [-0.15, -0.1) is 0 Å². The van der Waals surface area contributed by atoms with Crippen LogP contribution in [0, 0.1) is 0 Å². The molecule has 0 radical (unpaired) electrons. The first kappa shape index (κ1) is 23.9. The fourth-order valence-corrected chi connectivity index (χ4v) is 25.5. The van der Waals surface area contributed by atoms with Gasteiger partial charge in [-0.25, -0.2) is 0 Å². The Kier molecular flexibility index (Phi) is 8.28. The molecule has 31 heavy (non-hydrogen) atoms. The van der Waals surface area contributed by atoms with Gasteiger partial charge in [0.05, 0.1) is 0 Å². The van der Waals surface area contributed by atoms with E-state index < -0.39 is 14.1 Å². The summed E-state index contributed by atoms with van der Waals surface area (Å²) in [5.41, 5.74) is 1.56. The normalized spacial score (nSPS) is 24.0. The Morgan fingerprint density at radius 2 is 1.03 bits per heavy atom. The van der Waals surface area contributed by atoms with Crippen molar-refractivity contribution in [2.75, 3.05) is 13.1 Å². The fraction of sp³-hybridized carbons (Fsp3) is 0.759. The fourth-order valence-electron chi connectivity index (χ4n) is 7.11. The molecule has 0 saturated heterocycles. The Balaban J connectivity index is 2.06. The van der Waals surface area contributed by atoms with Gasteiger partial charge in [0.2, 0.25) is 0 Å². The number of rotatable bonds is 7. The molecule has 0 aromatic heterocycles. The van der Waals surface area contributed by atoms with E-state index in [0.29, 0.717) is 0 Å². The molecule has 3 saturated carbocycles. The summed E-state index contributed by atoms with van der Waals surface area (Å²) in [6.45, 7) is 7.54. The van der Waals surface area contributed by atoms with Gasteiger partial charge in [0.25, 0.3) is 0 Å². The van der Waals surface area contributed by atoms with Crippen LogP contribution in [0.5, 0.6) is 0 Å². The summed E-state index contributed by atoms with van der Waals surface area (Å²) >= 11 is -2.84. The van der Waals surface area contributed by atoms with Gasteiger partial charge >= 0.3 is 194 Å². The summed E-state index contributed by atoms with van der Waals surface area (Å²) in [6, 6.07) is 11.7. The van der Waals surface area contributed by atoms with Gasteiger partial charge < -0.3 is 0 Å². The standard InChI is InChI=1S/C7H6.3C6H11.C4H10N.Pd/c1-7-5-3-2-4-6-7;3*1-2-4-6-5-3-1;1-3-5-4-2;/h1-6H;3*1H,2-6H2;3-4H2,1-2H3;/q;;;;-1;+1. The van der Waals surface area contributed by atoms with Crippen molar-refractivity contribution < 1.29 is 14.1 Å².